The summed E-state index contributed by atoms with van der Waals surface area (Å²) in [4.78, 5) is 26.2. The van der Waals surface area contributed by atoms with Crippen LogP contribution < -0.4 is 5.32 Å². The predicted molar refractivity (Wildman–Crippen MR) is 62.7 cm³/mol. The van der Waals surface area contributed by atoms with Crippen LogP contribution in [0.3, 0.4) is 0 Å². The van der Waals surface area contributed by atoms with Gasteiger partial charge < -0.3 is 14.9 Å². The Morgan fingerprint density at radius 1 is 1.50 bits per heavy atom. The minimum Gasteiger partial charge on any atom is -0.480 e. The first-order valence-electron chi connectivity index (χ1n) is 5.74. The number of carboxylic acid groups (broad SMARTS) is 1. The van der Waals surface area contributed by atoms with Crippen LogP contribution in [-0.2, 0) is 17.8 Å². The first-order valence-corrected chi connectivity index (χ1v) is 5.74. The third-order valence-electron chi connectivity index (χ3n) is 2.27. The standard InChI is InChI=1S/C10H12N6O4/c1-6-12-8(14-20-6)2-3-11-10(19)7-4-16(15-13-7)5-9(17)18/h4H,2-3,5H2,1H3,(H,11,19)(H,17,18). The lowest BCUT2D eigenvalue weighted by Crippen LogP contribution is -2.26. The van der Waals surface area contributed by atoms with Crippen molar-refractivity contribution in [1.82, 2.24) is 30.5 Å². The van der Waals surface area contributed by atoms with Gasteiger partial charge in [-0.25, -0.2) is 4.68 Å². The van der Waals surface area contributed by atoms with Crippen LogP contribution in [-0.4, -0.2) is 48.7 Å². The number of carboxylic acids is 1. The Morgan fingerprint density at radius 3 is 2.95 bits per heavy atom. The number of hydrogen-bond acceptors (Lipinski definition) is 7. The highest BCUT2D eigenvalue weighted by atomic mass is 16.5. The normalized spacial score (nSPS) is 10.4. The van der Waals surface area contributed by atoms with E-state index in [0.29, 0.717) is 24.7 Å². The summed E-state index contributed by atoms with van der Waals surface area (Å²) >= 11 is 0. The Kier molecular flexibility index (Phi) is 4.03. The summed E-state index contributed by atoms with van der Waals surface area (Å²) in [6.07, 6.45) is 1.69. The Labute approximate surface area is 112 Å². The summed E-state index contributed by atoms with van der Waals surface area (Å²) in [7, 11) is 0. The number of hydrogen-bond donors (Lipinski definition) is 2. The van der Waals surface area contributed by atoms with Gasteiger partial charge in [-0.1, -0.05) is 10.4 Å². The van der Waals surface area contributed by atoms with Gasteiger partial charge in [-0.15, -0.1) is 5.10 Å². The van der Waals surface area contributed by atoms with Crippen molar-refractivity contribution < 1.29 is 19.2 Å². The number of amides is 1. The second-order valence-corrected chi connectivity index (χ2v) is 3.93. The maximum absolute atomic E-state index is 11.7. The van der Waals surface area contributed by atoms with E-state index in [1.165, 1.54) is 6.20 Å². The Hall–Kier alpha value is -2.78. The smallest absolute Gasteiger partial charge is 0.325 e. The number of aryl methyl sites for hydroxylation is 1. The lowest BCUT2D eigenvalue weighted by molar-refractivity contribution is -0.137. The van der Waals surface area contributed by atoms with Gasteiger partial charge in [0.05, 0.1) is 6.20 Å². The molecule has 2 N–H and O–H groups in total. The number of carbonyl (C=O) groups excluding carboxylic acids is 1. The molecule has 0 aliphatic carbocycles. The van der Waals surface area contributed by atoms with Crippen molar-refractivity contribution in [3.8, 4) is 0 Å². The number of nitrogens with zero attached hydrogens (tertiary/aromatic N) is 5. The van der Waals surface area contributed by atoms with E-state index in [4.69, 9.17) is 9.63 Å². The molecule has 0 bridgehead atoms. The molecule has 2 aromatic rings. The molecule has 0 atom stereocenters. The van der Waals surface area contributed by atoms with Gasteiger partial charge in [0.15, 0.2) is 11.5 Å². The largest absolute Gasteiger partial charge is 0.480 e. The van der Waals surface area contributed by atoms with Crippen LogP contribution in [0.5, 0.6) is 0 Å². The van der Waals surface area contributed by atoms with Crippen LogP contribution in [0, 0.1) is 6.92 Å². The molecule has 0 spiro atoms. The van der Waals surface area contributed by atoms with Crippen LogP contribution in [0.15, 0.2) is 10.7 Å². The van der Waals surface area contributed by atoms with E-state index in [2.05, 4.69) is 25.8 Å². The molecule has 0 aliphatic rings. The fraction of sp³-hybridized carbons (Fsp3) is 0.400. The SMILES string of the molecule is Cc1nc(CCNC(=O)c2cn(CC(=O)O)nn2)no1. The second-order valence-electron chi connectivity index (χ2n) is 3.93. The second kappa shape index (κ2) is 5.91. The van der Waals surface area contributed by atoms with Crippen molar-refractivity contribution in [2.45, 2.75) is 19.9 Å². The van der Waals surface area contributed by atoms with E-state index in [9.17, 15) is 9.59 Å². The quantitative estimate of drug-likeness (QED) is 0.689. The molecule has 106 valence electrons. The highest BCUT2D eigenvalue weighted by Crippen LogP contribution is 1.96. The summed E-state index contributed by atoms with van der Waals surface area (Å²) < 4.78 is 5.86. The molecule has 10 heteroatoms. The third-order valence-corrected chi connectivity index (χ3v) is 2.27. The van der Waals surface area contributed by atoms with Crippen molar-refractivity contribution in [3.05, 3.63) is 23.6 Å². The molecule has 0 aromatic carbocycles. The number of rotatable bonds is 6. The van der Waals surface area contributed by atoms with Crippen molar-refractivity contribution >= 4 is 11.9 Å². The Bertz CT molecular complexity index is 619. The van der Waals surface area contributed by atoms with E-state index in [1.807, 2.05) is 0 Å². The molecular weight excluding hydrogens is 268 g/mol. The van der Waals surface area contributed by atoms with Crippen molar-refractivity contribution in [1.29, 1.82) is 0 Å². The molecule has 0 aliphatic heterocycles. The molecule has 10 nitrogen and oxygen atoms in total. The van der Waals surface area contributed by atoms with Crippen LogP contribution in [0.1, 0.15) is 22.2 Å². The van der Waals surface area contributed by atoms with Crippen molar-refractivity contribution in [2.75, 3.05) is 6.54 Å². The van der Waals surface area contributed by atoms with Crippen LogP contribution in [0.25, 0.3) is 0 Å². The molecule has 2 aromatic heterocycles. The average molecular weight is 280 g/mol. The van der Waals surface area contributed by atoms with Gasteiger partial charge in [-0.3, -0.25) is 9.59 Å². The van der Waals surface area contributed by atoms with Gasteiger partial charge in [0.1, 0.15) is 6.54 Å². The van der Waals surface area contributed by atoms with Gasteiger partial charge in [0, 0.05) is 19.9 Å². The van der Waals surface area contributed by atoms with Gasteiger partial charge in [0.2, 0.25) is 5.89 Å². The van der Waals surface area contributed by atoms with Crippen molar-refractivity contribution in [3.63, 3.8) is 0 Å². The predicted octanol–water partition coefficient (Wildman–Crippen LogP) is -0.973. The Morgan fingerprint density at radius 2 is 2.30 bits per heavy atom. The topological polar surface area (TPSA) is 136 Å². The fourth-order valence-corrected chi connectivity index (χ4v) is 1.44. The van der Waals surface area contributed by atoms with Gasteiger partial charge >= 0.3 is 5.97 Å². The number of aromatic nitrogens is 5. The molecular formula is C10H12N6O4. The molecule has 20 heavy (non-hydrogen) atoms. The summed E-state index contributed by atoms with van der Waals surface area (Å²) in [5, 5.41) is 22.0. The zero-order valence-electron chi connectivity index (χ0n) is 10.6. The maximum Gasteiger partial charge on any atom is 0.325 e. The van der Waals surface area contributed by atoms with Crippen LogP contribution in [0.4, 0.5) is 0 Å². The van der Waals surface area contributed by atoms with E-state index in [1.54, 1.807) is 6.92 Å². The first kappa shape index (κ1) is 13.6. The van der Waals surface area contributed by atoms with E-state index in [0.717, 1.165) is 4.68 Å². The van der Waals surface area contributed by atoms with E-state index in [-0.39, 0.29) is 12.2 Å². The molecule has 0 saturated heterocycles. The van der Waals surface area contributed by atoms with Crippen molar-refractivity contribution in [2.24, 2.45) is 0 Å². The minimum absolute atomic E-state index is 0.0514. The lowest BCUT2D eigenvalue weighted by atomic mass is 10.3. The van der Waals surface area contributed by atoms with Gasteiger partial charge in [0.25, 0.3) is 5.91 Å². The van der Waals surface area contributed by atoms with E-state index >= 15 is 0 Å². The monoisotopic (exact) mass is 280 g/mol. The molecule has 1 amide bonds. The van der Waals surface area contributed by atoms with Gasteiger partial charge in [-0.2, -0.15) is 4.98 Å². The zero-order valence-corrected chi connectivity index (χ0v) is 10.6. The molecule has 2 rings (SSSR count). The number of carbonyl (C=O) groups is 2. The van der Waals surface area contributed by atoms with Crippen LogP contribution >= 0.6 is 0 Å². The number of aliphatic carboxylic acids is 1. The maximum atomic E-state index is 11.7. The summed E-state index contributed by atoms with van der Waals surface area (Å²) in [5.41, 5.74) is 0.0514. The molecule has 0 radical (unpaired) electrons. The molecule has 0 fully saturated rings. The molecule has 0 unspecified atom stereocenters. The Balaban J connectivity index is 1.82. The highest BCUT2D eigenvalue weighted by molar-refractivity contribution is 5.91. The van der Waals surface area contributed by atoms with E-state index < -0.39 is 11.9 Å². The first-order chi connectivity index (χ1) is 9.54. The third kappa shape index (κ3) is 3.60. The fourth-order valence-electron chi connectivity index (χ4n) is 1.44. The van der Waals surface area contributed by atoms with Crippen LogP contribution in [0.2, 0.25) is 0 Å². The molecule has 2 heterocycles. The summed E-state index contributed by atoms with van der Waals surface area (Å²) in [6.45, 7) is 1.64. The summed E-state index contributed by atoms with van der Waals surface area (Å²) in [6, 6.07) is 0. The lowest BCUT2D eigenvalue weighted by Gasteiger charge is -1.99. The summed E-state index contributed by atoms with van der Waals surface area (Å²) in [5.74, 6) is -0.545. The zero-order chi connectivity index (χ0) is 14.5. The highest BCUT2D eigenvalue weighted by Gasteiger charge is 2.12. The number of nitrogens with one attached hydrogen (secondary N) is 1. The average Bonchev–Trinajstić information content (AvgIpc) is 2.98. The van der Waals surface area contributed by atoms with Gasteiger partial charge in [-0.05, 0) is 0 Å². The minimum atomic E-state index is -1.06. The molecule has 0 saturated carbocycles.